The molecule has 2 atom stereocenters. The van der Waals surface area contributed by atoms with Crippen molar-refractivity contribution in [1.82, 2.24) is 4.31 Å². The maximum atomic E-state index is 12.9. The molecular weight excluding hydrogens is 296 g/mol. The number of benzene rings is 1. The first-order chi connectivity index (χ1) is 9.50. The van der Waals surface area contributed by atoms with E-state index in [2.05, 4.69) is 0 Å². The third-order valence-corrected chi connectivity index (χ3v) is 6.72. The van der Waals surface area contributed by atoms with E-state index < -0.39 is 10.0 Å². The lowest BCUT2D eigenvalue weighted by Gasteiger charge is -2.36. The third-order valence-electron chi connectivity index (χ3n) is 4.50. The predicted octanol–water partition coefficient (Wildman–Crippen LogP) is 2.88. The topological polar surface area (TPSA) is 63.4 Å². The van der Waals surface area contributed by atoms with Gasteiger partial charge in [-0.25, -0.2) is 8.42 Å². The molecule has 1 aliphatic carbocycles. The van der Waals surface area contributed by atoms with Gasteiger partial charge in [0.15, 0.2) is 0 Å². The normalized spacial score (nSPS) is 27.4. The molecule has 1 heterocycles. The number of nitrogens with two attached hydrogens (primary N) is 1. The molecule has 1 aliphatic heterocycles. The number of hydrogen-bond acceptors (Lipinski definition) is 3. The van der Waals surface area contributed by atoms with E-state index in [0.717, 1.165) is 32.1 Å². The van der Waals surface area contributed by atoms with E-state index in [1.165, 1.54) is 6.07 Å². The fourth-order valence-corrected chi connectivity index (χ4v) is 5.70. The van der Waals surface area contributed by atoms with Crippen LogP contribution < -0.4 is 5.73 Å². The highest BCUT2D eigenvalue weighted by atomic mass is 35.5. The van der Waals surface area contributed by atoms with Gasteiger partial charge in [0.1, 0.15) is 4.90 Å². The minimum Gasteiger partial charge on any atom is -0.398 e. The number of fused-ring (bicyclic) bond motifs is 1. The summed E-state index contributed by atoms with van der Waals surface area (Å²) in [5.74, 6) is 0.513. The fourth-order valence-electron chi connectivity index (χ4n) is 3.56. The predicted molar refractivity (Wildman–Crippen MR) is 80.1 cm³/mol. The van der Waals surface area contributed by atoms with Gasteiger partial charge in [-0.3, -0.25) is 0 Å². The van der Waals surface area contributed by atoms with E-state index in [1.807, 2.05) is 0 Å². The SMILES string of the molecule is Nc1ccc(Cl)cc1S(=O)(=O)N1CCCC2CCCC21. The lowest BCUT2D eigenvalue weighted by Crippen LogP contribution is -2.46. The van der Waals surface area contributed by atoms with Crippen molar-refractivity contribution in [3.8, 4) is 0 Å². The van der Waals surface area contributed by atoms with Gasteiger partial charge in [0.2, 0.25) is 10.0 Å². The number of nitrogens with zero attached hydrogens (tertiary/aromatic N) is 1. The fraction of sp³-hybridized carbons (Fsp3) is 0.571. The van der Waals surface area contributed by atoms with Crippen LogP contribution in [0.4, 0.5) is 5.69 Å². The Hall–Kier alpha value is -0.780. The molecule has 0 spiro atoms. The van der Waals surface area contributed by atoms with Gasteiger partial charge in [-0.15, -0.1) is 0 Å². The van der Waals surface area contributed by atoms with Crippen molar-refractivity contribution >= 4 is 27.3 Å². The Morgan fingerprint density at radius 3 is 2.75 bits per heavy atom. The minimum atomic E-state index is -3.55. The average molecular weight is 315 g/mol. The van der Waals surface area contributed by atoms with Crippen molar-refractivity contribution in [2.24, 2.45) is 5.92 Å². The number of anilines is 1. The molecular formula is C14H19ClN2O2S. The Balaban J connectivity index is 2.00. The quantitative estimate of drug-likeness (QED) is 0.854. The molecule has 1 saturated heterocycles. The van der Waals surface area contributed by atoms with Crippen LogP contribution in [0.1, 0.15) is 32.1 Å². The first-order valence-corrected chi connectivity index (χ1v) is 8.89. The largest absolute Gasteiger partial charge is 0.398 e. The Kier molecular flexibility index (Phi) is 3.69. The van der Waals surface area contributed by atoms with Gasteiger partial charge in [-0.05, 0) is 49.8 Å². The summed E-state index contributed by atoms with van der Waals surface area (Å²) in [6.45, 7) is 0.593. The van der Waals surface area contributed by atoms with Gasteiger partial charge in [-0.1, -0.05) is 18.0 Å². The molecule has 0 bridgehead atoms. The van der Waals surface area contributed by atoms with Crippen LogP contribution in [0.15, 0.2) is 23.1 Å². The average Bonchev–Trinajstić information content (AvgIpc) is 2.89. The highest BCUT2D eigenvalue weighted by Gasteiger charge is 2.41. The summed E-state index contributed by atoms with van der Waals surface area (Å²) in [7, 11) is -3.55. The van der Waals surface area contributed by atoms with Crippen LogP contribution in [0.25, 0.3) is 0 Å². The van der Waals surface area contributed by atoms with Gasteiger partial charge < -0.3 is 5.73 Å². The van der Waals surface area contributed by atoms with Crippen molar-refractivity contribution in [3.05, 3.63) is 23.2 Å². The van der Waals surface area contributed by atoms with Crippen molar-refractivity contribution in [1.29, 1.82) is 0 Å². The molecule has 2 unspecified atom stereocenters. The molecule has 1 aromatic rings. The standard InChI is InChI=1S/C14H19ClN2O2S/c15-11-6-7-12(16)14(9-11)20(18,19)17-8-2-4-10-3-1-5-13(10)17/h6-7,9-10,13H,1-5,8,16H2. The molecule has 1 aromatic carbocycles. The lowest BCUT2D eigenvalue weighted by atomic mass is 9.94. The summed E-state index contributed by atoms with van der Waals surface area (Å²) in [6, 6.07) is 4.78. The molecule has 2 N–H and O–H groups in total. The lowest BCUT2D eigenvalue weighted by molar-refractivity contribution is 0.202. The van der Waals surface area contributed by atoms with Crippen molar-refractivity contribution < 1.29 is 8.42 Å². The third kappa shape index (κ3) is 2.32. The first kappa shape index (κ1) is 14.2. The van der Waals surface area contributed by atoms with Crippen molar-refractivity contribution in [2.45, 2.75) is 43.0 Å². The van der Waals surface area contributed by atoms with E-state index >= 15 is 0 Å². The molecule has 0 radical (unpaired) electrons. The van der Waals surface area contributed by atoms with Gasteiger partial charge in [0.05, 0.1) is 5.69 Å². The first-order valence-electron chi connectivity index (χ1n) is 7.07. The van der Waals surface area contributed by atoms with Crippen LogP contribution in [0, 0.1) is 5.92 Å². The summed E-state index contributed by atoms with van der Waals surface area (Å²) < 4.78 is 27.4. The number of piperidine rings is 1. The van der Waals surface area contributed by atoms with Crippen molar-refractivity contribution in [3.63, 3.8) is 0 Å². The smallest absolute Gasteiger partial charge is 0.245 e. The zero-order chi connectivity index (χ0) is 14.3. The molecule has 2 fully saturated rings. The molecule has 2 aliphatic rings. The summed E-state index contributed by atoms with van der Waals surface area (Å²) in [5, 5.41) is 0.401. The zero-order valence-electron chi connectivity index (χ0n) is 11.3. The van der Waals surface area contributed by atoms with Gasteiger partial charge in [-0.2, -0.15) is 4.31 Å². The monoisotopic (exact) mass is 314 g/mol. The maximum Gasteiger partial charge on any atom is 0.245 e. The number of halogens is 1. The Morgan fingerprint density at radius 2 is 1.95 bits per heavy atom. The molecule has 0 aromatic heterocycles. The summed E-state index contributed by atoms with van der Waals surface area (Å²) in [6.07, 6.45) is 5.29. The second kappa shape index (κ2) is 5.20. The summed E-state index contributed by atoms with van der Waals surface area (Å²) in [5.41, 5.74) is 6.13. The second-order valence-electron chi connectivity index (χ2n) is 5.70. The summed E-state index contributed by atoms with van der Waals surface area (Å²) >= 11 is 5.93. The molecule has 6 heteroatoms. The number of hydrogen-bond donors (Lipinski definition) is 1. The second-order valence-corrected chi connectivity index (χ2v) is 7.99. The molecule has 20 heavy (non-hydrogen) atoms. The number of rotatable bonds is 2. The minimum absolute atomic E-state index is 0.145. The molecule has 0 amide bonds. The highest BCUT2D eigenvalue weighted by Crippen LogP contribution is 2.40. The Morgan fingerprint density at radius 1 is 1.20 bits per heavy atom. The zero-order valence-corrected chi connectivity index (χ0v) is 12.8. The molecule has 3 rings (SSSR count). The van der Waals surface area contributed by atoms with E-state index in [4.69, 9.17) is 17.3 Å². The van der Waals surface area contributed by atoms with E-state index in [0.29, 0.717) is 17.5 Å². The summed E-state index contributed by atoms with van der Waals surface area (Å²) in [4.78, 5) is 0.151. The molecule has 110 valence electrons. The van der Waals surface area contributed by atoms with E-state index in [-0.39, 0.29) is 16.6 Å². The Labute approximate surface area is 125 Å². The number of sulfonamides is 1. The van der Waals surface area contributed by atoms with Crippen LogP contribution in [-0.2, 0) is 10.0 Å². The van der Waals surface area contributed by atoms with Gasteiger partial charge in [0, 0.05) is 17.6 Å². The van der Waals surface area contributed by atoms with E-state index in [9.17, 15) is 8.42 Å². The van der Waals surface area contributed by atoms with Crippen molar-refractivity contribution in [2.75, 3.05) is 12.3 Å². The molecule has 1 saturated carbocycles. The van der Waals surface area contributed by atoms with Gasteiger partial charge in [0.25, 0.3) is 0 Å². The maximum absolute atomic E-state index is 12.9. The van der Waals surface area contributed by atoms with Crippen LogP contribution >= 0.6 is 11.6 Å². The van der Waals surface area contributed by atoms with E-state index in [1.54, 1.807) is 16.4 Å². The molecule has 4 nitrogen and oxygen atoms in total. The van der Waals surface area contributed by atoms with Crippen LogP contribution in [0.5, 0.6) is 0 Å². The number of nitrogen functional groups attached to an aromatic ring is 1. The Bertz CT molecular complexity index is 618. The highest BCUT2D eigenvalue weighted by molar-refractivity contribution is 7.89. The van der Waals surface area contributed by atoms with Crippen LogP contribution in [0.2, 0.25) is 5.02 Å². The van der Waals surface area contributed by atoms with Crippen LogP contribution in [-0.4, -0.2) is 25.3 Å². The van der Waals surface area contributed by atoms with Gasteiger partial charge >= 0.3 is 0 Å². The van der Waals surface area contributed by atoms with Crippen LogP contribution in [0.3, 0.4) is 0 Å².